The zero-order chi connectivity index (χ0) is 11.8. The summed E-state index contributed by atoms with van der Waals surface area (Å²) in [5.41, 5.74) is 0.281. The molecule has 0 radical (unpaired) electrons. The lowest BCUT2D eigenvalue weighted by molar-refractivity contribution is 0.0943. The fraction of sp³-hybridized carbons (Fsp3) is 0.455. The molecule has 1 amide bonds. The van der Waals surface area contributed by atoms with Crippen LogP contribution in [0.25, 0.3) is 0 Å². The van der Waals surface area contributed by atoms with Crippen molar-refractivity contribution in [1.82, 2.24) is 10.3 Å². The van der Waals surface area contributed by atoms with Crippen LogP contribution in [0.2, 0.25) is 0 Å². The molecule has 1 rings (SSSR count). The highest BCUT2D eigenvalue weighted by atomic mass is 19.1. The van der Waals surface area contributed by atoms with E-state index in [9.17, 15) is 9.18 Å². The Balaban J connectivity index is 2.30. The van der Waals surface area contributed by atoms with E-state index in [-0.39, 0.29) is 11.5 Å². The van der Waals surface area contributed by atoms with E-state index in [0.29, 0.717) is 19.8 Å². The number of hydrogen-bond donors (Lipinski definition) is 1. The Hall–Kier alpha value is -1.49. The first-order valence-electron chi connectivity index (χ1n) is 5.21. The lowest BCUT2D eigenvalue weighted by Crippen LogP contribution is -2.25. The summed E-state index contributed by atoms with van der Waals surface area (Å²) < 4.78 is 17.8. The number of carbonyl (C=O) groups excluding carboxylic acids is 1. The molecule has 5 heteroatoms. The van der Waals surface area contributed by atoms with Crippen LogP contribution in [-0.4, -0.2) is 30.6 Å². The molecule has 0 aromatic carbocycles. The molecule has 0 spiro atoms. The van der Waals surface area contributed by atoms with Crippen molar-refractivity contribution in [2.45, 2.75) is 13.3 Å². The summed E-state index contributed by atoms with van der Waals surface area (Å²) in [6, 6.07) is 2.58. The third-order valence-electron chi connectivity index (χ3n) is 1.94. The number of amides is 1. The standard InChI is InChI=1S/C11H15FN2O2/c1-2-16-7-3-5-14-11(15)9-4-6-13-10(12)8-9/h4,6,8H,2-3,5,7H2,1H3,(H,14,15). The molecule has 0 saturated heterocycles. The van der Waals surface area contributed by atoms with Crippen molar-refractivity contribution in [3.05, 3.63) is 29.8 Å². The van der Waals surface area contributed by atoms with Crippen LogP contribution in [0.15, 0.2) is 18.3 Å². The molecule has 0 aliphatic rings. The number of halogens is 1. The number of pyridine rings is 1. The first-order valence-corrected chi connectivity index (χ1v) is 5.21. The number of ether oxygens (including phenoxy) is 1. The van der Waals surface area contributed by atoms with E-state index >= 15 is 0 Å². The molecular weight excluding hydrogens is 211 g/mol. The third kappa shape index (κ3) is 4.35. The largest absolute Gasteiger partial charge is 0.382 e. The van der Waals surface area contributed by atoms with E-state index in [1.807, 2.05) is 6.92 Å². The van der Waals surface area contributed by atoms with Gasteiger partial charge in [0.1, 0.15) is 0 Å². The Bertz CT molecular complexity index is 345. The zero-order valence-corrected chi connectivity index (χ0v) is 9.20. The number of nitrogens with zero attached hydrogens (tertiary/aromatic N) is 1. The van der Waals surface area contributed by atoms with Gasteiger partial charge in [-0.05, 0) is 19.4 Å². The van der Waals surface area contributed by atoms with Crippen LogP contribution >= 0.6 is 0 Å². The summed E-state index contributed by atoms with van der Waals surface area (Å²) in [5, 5.41) is 2.67. The Morgan fingerprint density at radius 2 is 2.44 bits per heavy atom. The van der Waals surface area contributed by atoms with E-state index in [0.717, 1.165) is 12.5 Å². The molecule has 0 unspecified atom stereocenters. The van der Waals surface area contributed by atoms with Gasteiger partial charge in [-0.1, -0.05) is 0 Å². The van der Waals surface area contributed by atoms with Crippen molar-refractivity contribution in [3.8, 4) is 0 Å². The van der Waals surface area contributed by atoms with Gasteiger partial charge in [-0.3, -0.25) is 4.79 Å². The van der Waals surface area contributed by atoms with Gasteiger partial charge in [0.2, 0.25) is 5.95 Å². The zero-order valence-electron chi connectivity index (χ0n) is 9.20. The summed E-state index contributed by atoms with van der Waals surface area (Å²) in [7, 11) is 0. The molecule has 1 aromatic heterocycles. The number of nitrogens with one attached hydrogen (secondary N) is 1. The number of carbonyl (C=O) groups is 1. The van der Waals surface area contributed by atoms with Crippen molar-refractivity contribution in [1.29, 1.82) is 0 Å². The van der Waals surface area contributed by atoms with E-state index in [1.165, 1.54) is 12.3 Å². The third-order valence-corrected chi connectivity index (χ3v) is 1.94. The molecule has 16 heavy (non-hydrogen) atoms. The van der Waals surface area contributed by atoms with Crippen LogP contribution in [0.3, 0.4) is 0 Å². The average Bonchev–Trinajstić information content (AvgIpc) is 2.28. The molecule has 1 heterocycles. The van der Waals surface area contributed by atoms with E-state index in [4.69, 9.17) is 4.74 Å². The van der Waals surface area contributed by atoms with Crippen LogP contribution in [0.1, 0.15) is 23.7 Å². The van der Waals surface area contributed by atoms with Crippen molar-refractivity contribution in [2.75, 3.05) is 19.8 Å². The maximum atomic E-state index is 12.7. The van der Waals surface area contributed by atoms with Crippen molar-refractivity contribution in [3.63, 3.8) is 0 Å². The van der Waals surface area contributed by atoms with Gasteiger partial charge in [-0.15, -0.1) is 0 Å². The molecule has 0 atom stereocenters. The van der Waals surface area contributed by atoms with Gasteiger partial charge in [-0.25, -0.2) is 4.98 Å². The van der Waals surface area contributed by atoms with Crippen molar-refractivity contribution in [2.24, 2.45) is 0 Å². The summed E-state index contributed by atoms with van der Waals surface area (Å²) in [4.78, 5) is 14.9. The van der Waals surface area contributed by atoms with Gasteiger partial charge in [0.05, 0.1) is 0 Å². The first kappa shape index (κ1) is 12.6. The van der Waals surface area contributed by atoms with E-state index in [1.54, 1.807) is 0 Å². The van der Waals surface area contributed by atoms with Gasteiger partial charge >= 0.3 is 0 Å². The lowest BCUT2D eigenvalue weighted by Gasteiger charge is -2.05. The SMILES string of the molecule is CCOCCCNC(=O)c1ccnc(F)c1. The molecule has 1 N–H and O–H groups in total. The predicted molar refractivity (Wildman–Crippen MR) is 57.6 cm³/mol. The van der Waals surface area contributed by atoms with Crippen LogP contribution < -0.4 is 5.32 Å². The van der Waals surface area contributed by atoms with E-state index in [2.05, 4.69) is 10.3 Å². The highest BCUT2D eigenvalue weighted by Gasteiger charge is 2.05. The molecule has 0 aliphatic carbocycles. The van der Waals surface area contributed by atoms with Gasteiger partial charge in [0, 0.05) is 37.6 Å². The summed E-state index contributed by atoms with van der Waals surface area (Å²) in [6.45, 7) is 3.71. The van der Waals surface area contributed by atoms with Gasteiger partial charge in [0.25, 0.3) is 5.91 Å². The van der Waals surface area contributed by atoms with Crippen molar-refractivity contribution < 1.29 is 13.9 Å². The average molecular weight is 226 g/mol. The monoisotopic (exact) mass is 226 g/mol. The minimum absolute atomic E-state index is 0.281. The van der Waals surface area contributed by atoms with Crippen LogP contribution in [0, 0.1) is 5.95 Å². The van der Waals surface area contributed by atoms with Crippen LogP contribution in [-0.2, 0) is 4.74 Å². The molecule has 0 saturated carbocycles. The molecule has 0 bridgehead atoms. The normalized spacial score (nSPS) is 10.1. The van der Waals surface area contributed by atoms with Gasteiger partial charge < -0.3 is 10.1 Å². The Morgan fingerprint density at radius 1 is 1.62 bits per heavy atom. The summed E-state index contributed by atoms with van der Waals surface area (Å²) >= 11 is 0. The molecule has 0 fully saturated rings. The molecule has 4 nitrogen and oxygen atoms in total. The maximum Gasteiger partial charge on any atom is 0.251 e. The lowest BCUT2D eigenvalue weighted by atomic mass is 10.2. The van der Waals surface area contributed by atoms with Crippen LogP contribution in [0.4, 0.5) is 4.39 Å². The fourth-order valence-electron chi connectivity index (χ4n) is 1.17. The Labute approximate surface area is 93.8 Å². The van der Waals surface area contributed by atoms with Crippen molar-refractivity contribution >= 4 is 5.91 Å². The molecular formula is C11H15FN2O2. The number of hydrogen-bond acceptors (Lipinski definition) is 3. The highest BCUT2D eigenvalue weighted by Crippen LogP contribution is 1.99. The summed E-state index contributed by atoms with van der Waals surface area (Å²) in [6.07, 6.45) is 2.01. The quantitative estimate of drug-likeness (QED) is 0.589. The number of rotatable bonds is 6. The Kier molecular flexibility index (Phi) is 5.42. The first-order chi connectivity index (χ1) is 7.74. The second-order valence-electron chi connectivity index (χ2n) is 3.17. The second kappa shape index (κ2) is 6.90. The topological polar surface area (TPSA) is 51.2 Å². The highest BCUT2D eigenvalue weighted by molar-refractivity contribution is 5.93. The maximum absolute atomic E-state index is 12.7. The molecule has 1 aromatic rings. The minimum Gasteiger partial charge on any atom is -0.382 e. The molecule has 88 valence electrons. The predicted octanol–water partition coefficient (Wildman–Crippen LogP) is 1.38. The van der Waals surface area contributed by atoms with Gasteiger partial charge in [0.15, 0.2) is 0 Å². The van der Waals surface area contributed by atoms with Crippen LogP contribution in [0.5, 0.6) is 0 Å². The Morgan fingerprint density at radius 3 is 3.12 bits per heavy atom. The second-order valence-corrected chi connectivity index (χ2v) is 3.17. The smallest absolute Gasteiger partial charge is 0.251 e. The summed E-state index contributed by atoms with van der Waals surface area (Å²) in [5.74, 6) is -0.945. The van der Waals surface area contributed by atoms with Gasteiger partial charge in [-0.2, -0.15) is 4.39 Å². The number of aromatic nitrogens is 1. The fourth-order valence-corrected chi connectivity index (χ4v) is 1.17. The van der Waals surface area contributed by atoms with E-state index < -0.39 is 5.95 Å². The minimum atomic E-state index is -0.651. The molecule has 0 aliphatic heterocycles.